The Labute approximate surface area is 277 Å². The molecular formula is C35H39ClN8O3. The van der Waals surface area contributed by atoms with E-state index < -0.39 is 5.76 Å². The maximum absolute atomic E-state index is 12.0. The normalized spacial score (nSPS) is 22.0. The second kappa shape index (κ2) is 12.8. The number of anilines is 2. The lowest BCUT2D eigenvalue weighted by atomic mass is 9.83. The smallest absolute Gasteiger partial charge is 0.377 e. The van der Waals surface area contributed by atoms with E-state index in [1.165, 1.54) is 18.4 Å². The fourth-order valence-corrected chi connectivity index (χ4v) is 7.71. The number of imidazole rings is 1. The number of benzene rings is 2. The largest absolute Gasteiger partial charge is 0.439 e. The van der Waals surface area contributed by atoms with Gasteiger partial charge in [-0.1, -0.05) is 66.9 Å². The molecule has 1 saturated carbocycles. The summed E-state index contributed by atoms with van der Waals surface area (Å²) in [6.07, 6.45) is 7.07. The molecule has 0 radical (unpaired) electrons. The zero-order valence-electron chi connectivity index (χ0n) is 26.6. The minimum atomic E-state index is -0.666. The molecule has 0 spiro atoms. The van der Waals surface area contributed by atoms with Crippen LogP contribution >= 0.6 is 11.6 Å². The van der Waals surface area contributed by atoms with E-state index >= 15 is 0 Å². The van der Waals surface area contributed by atoms with Crippen molar-refractivity contribution in [3.8, 4) is 22.9 Å². The third-order valence-corrected chi connectivity index (χ3v) is 10.2. The zero-order chi connectivity index (χ0) is 31.9. The Morgan fingerprint density at radius 3 is 2.55 bits per heavy atom. The molecule has 47 heavy (non-hydrogen) atoms. The quantitative estimate of drug-likeness (QED) is 0.210. The maximum Gasteiger partial charge on any atom is 0.439 e. The molecule has 8 rings (SSSR count). The predicted octanol–water partition coefficient (Wildman–Crippen LogP) is 6.49. The summed E-state index contributed by atoms with van der Waals surface area (Å²) in [6.45, 7) is 6.98. The van der Waals surface area contributed by atoms with Crippen molar-refractivity contribution in [1.29, 1.82) is 0 Å². The van der Waals surface area contributed by atoms with Crippen molar-refractivity contribution in [3.63, 3.8) is 0 Å². The highest BCUT2D eigenvalue weighted by Crippen LogP contribution is 2.40. The standard InChI is InChI=1S/C35H39ClN8O3/c1-22-9-11-23(12-10-22)20-44-30-29(25-17-26(36)19-27(18-25)42-13-5-6-14-42)37-32(33-40-35(45)47-41-33)38-31(30)39-34(44)43-15-16-46-21-28(43)24-7-3-2-4-8-24/h2-4,7-8,17-19,22-23,28H,5-6,9-16,20-21H2,1H3,(H,40,41,45)/t22?,23?,28-/m0/s1. The number of aromatic amines is 1. The summed E-state index contributed by atoms with van der Waals surface area (Å²) in [7, 11) is 0. The van der Waals surface area contributed by atoms with Crippen LogP contribution in [0, 0.1) is 11.8 Å². The van der Waals surface area contributed by atoms with Crippen LogP contribution < -0.4 is 15.6 Å². The Balaban J connectivity index is 1.35. The molecule has 3 aromatic heterocycles. The molecule has 3 fully saturated rings. The van der Waals surface area contributed by atoms with Crippen molar-refractivity contribution >= 4 is 34.4 Å². The Bertz CT molecular complexity index is 1920. The van der Waals surface area contributed by atoms with Crippen LogP contribution in [-0.2, 0) is 11.3 Å². The highest BCUT2D eigenvalue weighted by atomic mass is 35.5. The lowest BCUT2D eigenvalue weighted by Gasteiger charge is -2.37. The fraction of sp³-hybridized carbons (Fsp3) is 0.457. The van der Waals surface area contributed by atoms with Crippen LogP contribution in [0.4, 0.5) is 11.6 Å². The third-order valence-electron chi connectivity index (χ3n) is 10.0. The van der Waals surface area contributed by atoms with E-state index in [1.54, 1.807) is 0 Å². The lowest BCUT2D eigenvalue weighted by molar-refractivity contribution is 0.0927. The molecule has 2 saturated heterocycles. The van der Waals surface area contributed by atoms with Gasteiger partial charge in [0.05, 0.1) is 19.3 Å². The molecule has 0 amide bonds. The fourth-order valence-electron chi connectivity index (χ4n) is 7.48. The van der Waals surface area contributed by atoms with Gasteiger partial charge in [-0.25, -0.2) is 14.8 Å². The van der Waals surface area contributed by atoms with E-state index in [0.717, 1.165) is 74.0 Å². The minimum Gasteiger partial charge on any atom is -0.377 e. The predicted molar refractivity (Wildman–Crippen MR) is 182 cm³/mol. The monoisotopic (exact) mass is 654 g/mol. The maximum atomic E-state index is 12.0. The lowest BCUT2D eigenvalue weighted by Crippen LogP contribution is -2.41. The first-order valence-electron chi connectivity index (χ1n) is 16.8. The van der Waals surface area contributed by atoms with Crippen LogP contribution in [-0.4, -0.2) is 62.5 Å². The van der Waals surface area contributed by atoms with Gasteiger partial charge in [0.25, 0.3) is 0 Å². The van der Waals surface area contributed by atoms with Crippen molar-refractivity contribution in [3.05, 3.63) is 69.7 Å². The van der Waals surface area contributed by atoms with Gasteiger partial charge in [0.15, 0.2) is 5.65 Å². The van der Waals surface area contributed by atoms with Gasteiger partial charge < -0.3 is 19.1 Å². The molecule has 1 atom stereocenters. The van der Waals surface area contributed by atoms with Crippen molar-refractivity contribution in [1.82, 2.24) is 29.7 Å². The number of hydrogen-bond acceptors (Lipinski definition) is 9. The number of nitrogens with one attached hydrogen (secondary N) is 1. The highest BCUT2D eigenvalue weighted by Gasteiger charge is 2.32. The molecule has 11 nitrogen and oxygen atoms in total. The molecule has 244 valence electrons. The van der Waals surface area contributed by atoms with E-state index in [2.05, 4.69) is 61.8 Å². The molecule has 2 aromatic carbocycles. The molecular weight excluding hydrogens is 616 g/mol. The summed E-state index contributed by atoms with van der Waals surface area (Å²) in [5.74, 6) is 1.82. The number of hydrogen-bond donors (Lipinski definition) is 1. The van der Waals surface area contributed by atoms with E-state index in [9.17, 15) is 4.79 Å². The summed E-state index contributed by atoms with van der Waals surface area (Å²) in [5, 5.41) is 4.57. The van der Waals surface area contributed by atoms with Crippen LogP contribution in [0.1, 0.15) is 57.1 Å². The number of morpholine rings is 1. The van der Waals surface area contributed by atoms with E-state index in [4.69, 9.17) is 35.8 Å². The van der Waals surface area contributed by atoms with E-state index in [-0.39, 0.29) is 17.7 Å². The van der Waals surface area contributed by atoms with Crippen LogP contribution in [0.25, 0.3) is 34.1 Å². The van der Waals surface area contributed by atoms with Crippen LogP contribution in [0.5, 0.6) is 0 Å². The molecule has 3 aliphatic rings. The van der Waals surface area contributed by atoms with Crippen molar-refractivity contribution in [2.45, 2.75) is 58.0 Å². The van der Waals surface area contributed by atoms with Crippen molar-refractivity contribution < 1.29 is 9.26 Å². The van der Waals surface area contributed by atoms with Gasteiger partial charge in [0.1, 0.15) is 11.2 Å². The molecule has 5 heterocycles. The van der Waals surface area contributed by atoms with Crippen molar-refractivity contribution in [2.24, 2.45) is 11.8 Å². The van der Waals surface area contributed by atoms with Crippen LogP contribution in [0.2, 0.25) is 5.02 Å². The zero-order valence-corrected chi connectivity index (χ0v) is 27.3. The number of halogens is 1. The Morgan fingerprint density at radius 2 is 1.79 bits per heavy atom. The summed E-state index contributed by atoms with van der Waals surface area (Å²) in [4.78, 5) is 34.6. The van der Waals surface area contributed by atoms with Gasteiger partial charge in [-0.05, 0) is 61.3 Å². The average Bonchev–Trinajstić information content (AvgIpc) is 3.87. The Morgan fingerprint density at radius 1 is 0.979 bits per heavy atom. The van der Waals surface area contributed by atoms with Gasteiger partial charge in [0.2, 0.25) is 17.6 Å². The number of ether oxygens (including phenoxy) is 1. The van der Waals surface area contributed by atoms with Gasteiger partial charge >= 0.3 is 5.76 Å². The number of rotatable bonds is 7. The summed E-state index contributed by atoms with van der Waals surface area (Å²) >= 11 is 6.82. The summed E-state index contributed by atoms with van der Waals surface area (Å²) in [5.41, 5.74) is 5.19. The molecule has 1 aliphatic carbocycles. The summed E-state index contributed by atoms with van der Waals surface area (Å²) < 4.78 is 13.2. The molecule has 5 aromatic rings. The molecule has 12 heteroatoms. The Kier molecular flexibility index (Phi) is 8.18. The first kappa shape index (κ1) is 30.1. The van der Waals surface area contributed by atoms with Gasteiger partial charge in [-0.2, -0.15) is 4.98 Å². The van der Waals surface area contributed by atoms with Gasteiger partial charge in [-0.15, -0.1) is 0 Å². The van der Waals surface area contributed by atoms with E-state index in [0.29, 0.717) is 42.0 Å². The van der Waals surface area contributed by atoms with Crippen LogP contribution in [0.3, 0.4) is 0 Å². The van der Waals surface area contributed by atoms with Gasteiger partial charge in [-0.3, -0.25) is 9.51 Å². The number of nitrogens with zero attached hydrogens (tertiary/aromatic N) is 7. The van der Waals surface area contributed by atoms with Crippen LogP contribution in [0.15, 0.2) is 57.8 Å². The molecule has 0 bridgehead atoms. The SMILES string of the molecule is CC1CCC(Cn2c(N3CCOC[C@H]3c3ccccc3)nc3nc(-c4noc(=O)[nH]4)nc(-c4cc(Cl)cc(N5CCCC5)c4)c32)CC1. The molecule has 1 N–H and O–H groups in total. The van der Waals surface area contributed by atoms with Crippen molar-refractivity contribution in [2.75, 3.05) is 42.6 Å². The molecule has 0 unspecified atom stereocenters. The second-order valence-electron chi connectivity index (χ2n) is 13.2. The highest BCUT2D eigenvalue weighted by molar-refractivity contribution is 6.31. The Hall–Kier alpha value is -4.22. The number of fused-ring (bicyclic) bond motifs is 1. The number of aromatic nitrogens is 6. The van der Waals surface area contributed by atoms with E-state index in [1.807, 2.05) is 18.2 Å². The molecule has 2 aliphatic heterocycles. The first-order valence-corrected chi connectivity index (χ1v) is 17.2. The third kappa shape index (κ3) is 6.02. The second-order valence-corrected chi connectivity index (χ2v) is 13.7. The van der Waals surface area contributed by atoms with Gasteiger partial charge in [0, 0.05) is 42.5 Å². The topological polar surface area (TPSA) is 118 Å². The minimum absolute atomic E-state index is 0.0115. The average molecular weight is 655 g/mol. The first-order chi connectivity index (χ1) is 23.0. The summed E-state index contributed by atoms with van der Waals surface area (Å²) in [6, 6.07) is 16.6. The number of H-pyrrole nitrogens is 1.